The first-order valence-electron chi connectivity index (χ1n) is 7.03. The van der Waals surface area contributed by atoms with E-state index in [0.717, 1.165) is 22.5 Å². The first-order valence-corrected chi connectivity index (χ1v) is 7.40. The van der Waals surface area contributed by atoms with E-state index < -0.39 is 0 Å². The smallest absolute Gasteiger partial charge is 0.123 e. The quantitative estimate of drug-likeness (QED) is 0.686. The van der Waals surface area contributed by atoms with Gasteiger partial charge in [-0.1, -0.05) is 41.9 Å². The maximum Gasteiger partial charge on any atom is 0.123 e. The van der Waals surface area contributed by atoms with Crippen LogP contribution in [0.1, 0.15) is 5.56 Å². The largest absolute Gasteiger partial charge is 0.497 e. The van der Waals surface area contributed by atoms with Gasteiger partial charge in [0.15, 0.2) is 0 Å². The van der Waals surface area contributed by atoms with Gasteiger partial charge in [-0.15, -0.1) is 0 Å². The van der Waals surface area contributed by atoms with Crippen molar-refractivity contribution >= 4 is 11.6 Å². The minimum Gasteiger partial charge on any atom is -0.497 e. The Labute approximate surface area is 139 Å². The molecule has 0 radical (unpaired) electrons. The Morgan fingerprint density at radius 3 is 2.52 bits per heavy atom. The van der Waals surface area contributed by atoms with Crippen LogP contribution in [0.3, 0.4) is 0 Å². The number of halogens is 1. The molecule has 0 spiro atoms. The molecule has 0 saturated carbocycles. The summed E-state index contributed by atoms with van der Waals surface area (Å²) in [6.45, 7) is 0. The maximum atomic E-state index is 9.07. The van der Waals surface area contributed by atoms with Gasteiger partial charge in [0.25, 0.3) is 0 Å². The van der Waals surface area contributed by atoms with Gasteiger partial charge in [-0.05, 0) is 18.2 Å². The standard InChI is InChI=1S/C19H13ClN2O/c1-23-15-10-18(14-6-4-5-13(9-14)12-21)22-19(11-15)16-7-2-3-8-17(16)20/h2-11H,1H3. The number of nitrogens with zero attached hydrogens (tertiary/aromatic N) is 2. The maximum absolute atomic E-state index is 9.07. The summed E-state index contributed by atoms with van der Waals surface area (Å²) < 4.78 is 5.39. The van der Waals surface area contributed by atoms with E-state index >= 15 is 0 Å². The fourth-order valence-corrected chi connectivity index (χ4v) is 2.56. The highest BCUT2D eigenvalue weighted by molar-refractivity contribution is 6.33. The van der Waals surface area contributed by atoms with Crippen molar-refractivity contribution in [1.29, 1.82) is 5.26 Å². The third kappa shape index (κ3) is 3.18. The molecule has 3 aromatic rings. The molecule has 0 saturated heterocycles. The molecule has 0 bridgehead atoms. The number of aromatic nitrogens is 1. The lowest BCUT2D eigenvalue weighted by Gasteiger charge is -2.10. The van der Waals surface area contributed by atoms with Crippen molar-refractivity contribution in [2.45, 2.75) is 0 Å². The summed E-state index contributed by atoms with van der Waals surface area (Å²) in [6.07, 6.45) is 0. The summed E-state index contributed by atoms with van der Waals surface area (Å²) in [4.78, 5) is 4.68. The second kappa shape index (κ2) is 6.51. The summed E-state index contributed by atoms with van der Waals surface area (Å²) in [7, 11) is 1.61. The Bertz CT molecular complexity index is 900. The van der Waals surface area contributed by atoms with Gasteiger partial charge < -0.3 is 4.74 Å². The molecule has 0 aliphatic heterocycles. The van der Waals surface area contributed by atoms with E-state index in [9.17, 15) is 0 Å². The summed E-state index contributed by atoms with van der Waals surface area (Å²) in [5.41, 5.74) is 3.75. The second-order valence-electron chi connectivity index (χ2n) is 4.95. The van der Waals surface area contributed by atoms with Crippen molar-refractivity contribution in [2.75, 3.05) is 7.11 Å². The zero-order valence-corrected chi connectivity index (χ0v) is 13.2. The predicted molar refractivity (Wildman–Crippen MR) is 91.4 cm³/mol. The minimum absolute atomic E-state index is 0.589. The number of pyridine rings is 1. The third-order valence-corrected chi connectivity index (χ3v) is 3.80. The van der Waals surface area contributed by atoms with Gasteiger partial charge in [0.05, 0.1) is 30.1 Å². The third-order valence-electron chi connectivity index (χ3n) is 3.47. The first-order chi connectivity index (χ1) is 11.2. The van der Waals surface area contributed by atoms with Gasteiger partial charge in [-0.2, -0.15) is 5.26 Å². The zero-order chi connectivity index (χ0) is 16.2. The Kier molecular flexibility index (Phi) is 4.27. The molecule has 0 unspecified atom stereocenters. The minimum atomic E-state index is 0.589. The molecular formula is C19H13ClN2O. The molecule has 0 atom stereocenters. The molecule has 112 valence electrons. The van der Waals surface area contributed by atoms with Crippen LogP contribution in [0.2, 0.25) is 5.02 Å². The van der Waals surface area contributed by atoms with Gasteiger partial charge in [-0.25, -0.2) is 4.98 Å². The molecule has 2 aromatic carbocycles. The van der Waals surface area contributed by atoms with Crippen LogP contribution in [0.4, 0.5) is 0 Å². The van der Waals surface area contributed by atoms with E-state index in [4.69, 9.17) is 21.6 Å². The van der Waals surface area contributed by atoms with Gasteiger partial charge >= 0.3 is 0 Å². The molecule has 0 fully saturated rings. The Hall–Kier alpha value is -2.83. The van der Waals surface area contributed by atoms with Crippen LogP contribution in [-0.4, -0.2) is 12.1 Å². The van der Waals surface area contributed by atoms with E-state index in [1.165, 1.54) is 0 Å². The van der Waals surface area contributed by atoms with E-state index in [1.54, 1.807) is 19.2 Å². The van der Waals surface area contributed by atoms with Crippen molar-refractivity contribution in [3.8, 4) is 34.3 Å². The van der Waals surface area contributed by atoms with Gasteiger partial charge in [0, 0.05) is 28.3 Å². The first kappa shape index (κ1) is 15.1. The van der Waals surface area contributed by atoms with Crippen molar-refractivity contribution < 1.29 is 4.74 Å². The average molecular weight is 321 g/mol. The highest BCUT2D eigenvalue weighted by Gasteiger charge is 2.10. The van der Waals surface area contributed by atoms with E-state index in [-0.39, 0.29) is 0 Å². The van der Waals surface area contributed by atoms with Crippen LogP contribution >= 0.6 is 11.6 Å². The second-order valence-corrected chi connectivity index (χ2v) is 5.36. The van der Waals surface area contributed by atoms with Gasteiger partial charge in [0.2, 0.25) is 0 Å². The van der Waals surface area contributed by atoms with Crippen molar-refractivity contribution in [3.05, 3.63) is 71.2 Å². The summed E-state index contributed by atoms with van der Waals surface area (Å²) in [6, 6.07) is 20.7. The van der Waals surface area contributed by atoms with Crippen LogP contribution in [0.5, 0.6) is 5.75 Å². The molecule has 0 N–H and O–H groups in total. The SMILES string of the molecule is COc1cc(-c2cccc(C#N)c2)nc(-c2ccccc2Cl)c1. The molecule has 4 heteroatoms. The van der Waals surface area contributed by atoms with Gasteiger partial charge in [-0.3, -0.25) is 0 Å². The Balaban J connectivity index is 2.17. The highest BCUT2D eigenvalue weighted by Crippen LogP contribution is 2.32. The van der Waals surface area contributed by atoms with Crippen LogP contribution in [0.15, 0.2) is 60.7 Å². The molecule has 1 heterocycles. The van der Waals surface area contributed by atoms with Crippen LogP contribution < -0.4 is 4.74 Å². The lowest BCUT2D eigenvalue weighted by atomic mass is 10.1. The van der Waals surface area contributed by atoms with Crippen LogP contribution in [0.25, 0.3) is 22.5 Å². The fraction of sp³-hybridized carbons (Fsp3) is 0.0526. The molecule has 0 amide bonds. The highest BCUT2D eigenvalue weighted by atomic mass is 35.5. The number of hydrogen-bond acceptors (Lipinski definition) is 3. The monoisotopic (exact) mass is 320 g/mol. The zero-order valence-electron chi connectivity index (χ0n) is 12.5. The van der Waals surface area contributed by atoms with Crippen LogP contribution in [0, 0.1) is 11.3 Å². The molecule has 3 nitrogen and oxygen atoms in total. The van der Waals surface area contributed by atoms with Crippen molar-refractivity contribution in [1.82, 2.24) is 4.98 Å². The fourth-order valence-electron chi connectivity index (χ4n) is 2.33. The number of nitriles is 1. The van der Waals surface area contributed by atoms with Crippen molar-refractivity contribution in [2.24, 2.45) is 0 Å². The Morgan fingerprint density at radius 2 is 1.78 bits per heavy atom. The number of ether oxygens (including phenoxy) is 1. The number of rotatable bonds is 3. The number of benzene rings is 2. The molecule has 3 rings (SSSR count). The lowest BCUT2D eigenvalue weighted by molar-refractivity contribution is 0.414. The van der Waals surface area contributed by atoms with Crippen molar-refractivity contribution in [3.63, 3.8) is 0 Å². The number of hydrogen-bond donors (Lipinski definition) is 0. The molecular weight excluding hydrogens is 308 g/mol. The molecule has 1 aromatic heterocycles. The molecule has 23 heavy (non-hydrogen) atoms. The van der Waals surface area contributed by atoms with E-state index in [0.29, 0.717) is 16.3 Å². The summed E-state index contributed by atoms with van der Waals surface area (Å²) in [5.74, 6) is 0.687. The number of methoxy groups -OCH3 is 1. The summed E-state index contributed by atoms with van der Waals surface area (Å²) in [5, 5.41) is 9.70. The predicted octanol–water partition coefficient (Wildman–Crippen LogP) is 4.95. The van der Waals surface area contributed by atoms with E-state index in [1.807, 2.05) is 48.5 Å². The topological polar surface area (TPSA) is 45.9 Å². The molecule has 0 aliphatic carbocycles. The molecule has 0 aliphatic rings. The average Bonchev–Trinajstić information content (AvgIpc) is 2.61. The normalized spacial score (nSPS) is 10.1. The van der Waals surface area contributed by atoms with Crippen LogP contribution in [-0.2, 0) is 0 Å². The van der Waals surface area contributed by atoms with Gasteiger partial charge in [0.1, 0.15) is 5.75 Å². The van der Waals surface area contributed by atoms with E-state index in [2.05, 4.69) is 11.1 Å². The lowest BCUT2D eigenvalue weighted by Crippen LogP contribution is -1.93. The summed E-state index contributed by atoms with van der Waals surface area (Å²) >= 11 is 6.28. The Morgan fingerprint density at radius 1 is 1.00 bits per heavy atom.